The Labute approximate surface area is 108 Å². The van der Waals surface area contributed by atoms with Crippen molar-refractivity contribution in [2.24, 2.45) is 0 Å². The van der Waals surface area contributed by atoms with Gasteiger partial charge in [0.2, 0.25) is 0 Å². The summed E-state index contributed by atoms with van der Waals surface area (Å²) in [5.41, 5.74) is 2.28. The quantitative estimate of drug-likeness (QED) is 0.871. The second-order valence-corrected chi connectivity index (χ2v) is 4.50. The molecular formula is C14H21NO3. The van der Waals surface area contributed by atoms with Gasteiger partial charge in [-0.25, -0.2) is 0 Å². The Bertz CT molecular complexity index is 400. The van der Waals surface area contributed by atoms with E-state index in [1.807, 2.05) is 6.07 Å². The summed E-state index contributed by atoms with van der Waals surface area (Å²) in [5, 5.41) is 3.49. The molecule has 1 saturated heterocycles. The first-order chi connectivity index (χ1) is 8.80. The van der Waals surface area contributed by atoms with Crippen LogP contribution in [-0.2, 0) is 11.3 Å². The van der Waals surface area contributed by atoms with Crippen molar-refractivity contribution < 1.29 is 14.2 Å². The lowest BCUT2D eigenvalue weighted by atomic mass is 10.0. The van der Waals surface area contributed by atoms with Crippen LogP contribution in [0.1, 0.15) is 30.0 Å². The van der Waals surface area contributed by atoms with Crippen molar-refractivity contribution in [1.29, 1.82) is 0 Å². The molecule has 4 heteroatoms. The fourth-order valence-electron chi connectivity index (χ4n) is 2.51. The van der Waals surface area contributed by atoms with E-state index in [4.69, 9.17) is 14.2 Å². The Hall–Kier alpha value is -1.26. The number of hydrogen-bond donors (Lipinski definition) is 1. The zero-order valence-electron chi connectivity index (χ0n) is 11.3. The number of ether oxygens (including phenoxy) is 3. The number of benzene rings is 1. The lowest BCUT2D eigenvalue weighted by Crippen LogP contribution is -2.14. The number of rotatable bonds is 5. The molecular weight excluding hydrogens is 230 g/mol. The molecule has 0 aliphatic carbocycles. The van der Waals surface area contributed by atoms with Crippen LogP contribution in [0, 0.1) is 0 Å². The highest BCUT2D eigenvalue weighted by Crippen LogP contribution is 2.39. The smallest absolute Gasteiger partial charge is 0.165 e. The molecule has 0 bridgehead atoms. The van der Waals surface area contributed by atoms with Gasteiger partial charge in [-0.1, -0.05) is 0 Å². The van der Waals surface area contributed by atoms with Crippen LogP contribution in [0.25, 0.3) is 0 Å². The highest BCUT2D eigenvalue weighted by Gasteiger charge is 2.23. The monoisotopic (exact) mass is 251 g/mol. The molecule has 0 spiro atoms. The topological polar surface area (TPSA) is 39.7 Å². The minimum absolute atomic E-state index is 0.352. The maximum absolute atomic E-state index is 5.51. The van der Waals surface area contributed by atoms with Gasteiger partial charge in [-0.15, -0.1) is 0 Å². The molecule has 1 unspecified atom stereocenters. The van der Waals surface area contributed by atoms with Crippen LogP contribution in [0.15, 0.2) is 12.1 Å². The summed E-state index contributed by atoms with van der Waals surface area (Å²) in [5.74, 6) is 1.60. The summed E-state index contributed by atoms with van der Waals surface area (Å²) in [6, 6.07) is 4.47. The van der Waals surface area contributed by atoms with Gasteiger partial charge >= 0.3 is 0 Å². The Kier molecular flexibility index (Phi) is 4.44. The maximum atomic E-state index is 5.51. The van der Waals surface area contributed by atoms with Crippen molar-refractivity contribution >= 4 is 0 Å². The second-order valence-electron chi connectivity index (χ2n) is 4.50. The largest absolute Gasteiger partial charge is 0.493 e. The Morgan fingerprint density at radius 2 is 2.06 bits per heavy atom. The second kappa shape index (κ2) is 6.07. The molecule has 2 rings (SSSR count). The third-order valence-electron chi connectivity index (χ3n) is 3.31. The third-order valence-corrected chi connectivity index (χ3v) is 3.31. The van der Waals surface area contributed by atoms with Crippen molar-refractivity contribution in [3.05, 3.63) is 23.3 Å². The van der Waals surface area contributed by atoms with Gasteiger partial charge in [0.15, 0.2) is 11.5 Å². The van der Waals surface area contributed by atoms with Crippen LogP contribution in [-0.4, -0.2) is 27.9 Å². The molecule has 1 heterocycles. The van der Waals surface area contributed by atoms with E-state index in [1.54, 1.807) is 21.3 Å². The predicted octanol–water partition coefficient (Wildman–Crippen LogP) is 2.27. The fraction of sp³-hybridized carbons (Fsp3) is 0.571. The van der Waals surface area contributed by atoms with Crippen LogP contribution < -0.4 is 14.8 Å². The summed E-state index contributed by atoms with van der Waals surface area (Å²) < 4.78 is 16.1. The molecule has 0 amide bonds. The molecule has 1 fully saturated rings. The van der Waals surface area contributed by atoms with E-state index in [0.29, 0.717) is 12.6 Å². The van der Waals surface area contributed by atoms with Crippen LogP contribution in [0.5, 0.6) is 11.5 Å². The summed E-state index contributed by atoms with van der Waals surface area (Å²) in [6.45, 7) is 1.64. The van der Waals surface area contributed by atoms with Crippen molar-refractivity contribution in [1.82, 2.24) is 5.32 Å². The van der Waals surface area contributed by atoms with Gasteiger partial charge in [0.25, 0.3) is 0 Å². The molecule has 0 saturated carbocycles. The van der Waals surface area contributed by atoms with Gasteiger partial charge < -0.3 is 19.5 Å². The molecule has 1 aromatic carbocycles. The van der Waals surface area contributed by atoms with Gasteiger partial charge in [0, 0.05) is 18.7 Å². The van der Waals surface area contributed by atoms with E-state index < -0.39 is 0 Å². The first kappa shape index (κ1) is 13.2. The van der Waals surface area contributed by atoms with E-state index in [1.165, 1.54) is 12.0 Å². The molecule has 1 aliphatic heterocycles. The van der Waals surface area contributed by atoms with Crippen LogP contribution in [0.3, 0.4) is 0 Å². The minimum atomic E-state index is 0.352. The van der Waals surface area contributed by atoms with Gasteiger partial charge in [-0.2, -0.15) is 0 Å². The first-order valence-electron chi connectivity index (χ1n) is 6.27. The third kappa shape index (κ3) is 2.60. The molecule has 4 nitrogen and oxygen atoms in total. The zero-order valence-corrected chi connectivity index (χ0v) is 11.3. The van der Waals surface area contributed by atoms with Crippen molar-refractivity contribution in [3.63, 3.8) is 0 Å². The Morgan fingerprint density at radius 3 is 2.61 bits per heavy atom. The highest BCUT2D eigenvalue weighted by atomic mass is 16.5. The van der Waals surface area contributed by atoms with Gasteiger partial charge in [0.1, 0.15) is 0 Å². The minimum Gasteiger partial charge on any atom is -0.493 e. The van der Waals surface area contributed by atoms with Crippen LogP contribution in [0.4, 0.5) is 0 Å². The molecule has 0 radical (unpaired) electrons. The average molecular weight is 251 g/mol. The maximum Gasteiger partial charge on any atom is 0.165 e. The summed E-state index contributed by atoms with van der Waals surface area (Å²) >= 11 is 0. The Balaban J connectivity index is 2.41. The zero-order chi connectivity index (χ0) is 13.0. The summed E-state index contributed by atoms with van der Waals surface area (Å²) in [7, 11) is 5.05. The lowest BCUT2D eigenvalue weighted by Gasteiger charge is -2.19. The molecule has 18 heavy (non-hydrogen) atoms. The average Bonchev–Trinajstić information content (AvgIpc) is 2.91. The standard InChI is InChI=1S/C14H21NO3/c1-16-9-10-7-11(12-5-4-6-15-12)14(18-3)13(8-10)17-2/h7-8,12,15H,4-6,9H2,1-3H3. The molecule has 1 aromatic rings. The van der Waals surface area contributed by atoms with E-state index in [0.717, 1.165) is 30.0 Å². The van der Waals surface area contributed by atoms with Crippen molar-refractivity contribution in [3.8, 4) is 11.5 Å². The van der Waals surface area contributed by atoms with Gasteiger partial charge in [-0.3, -0.25) is 0 Å². The molecule has 1 N–H and O–H groups in total. The first-order valence-corrected chi connectivity index (χ1v) is 6.27. The highest BCUT2D eigenvalue weighted by molar-refractivity contribution is 5.51. The number of methoxy groups -OCH3 is 3. The molecule has 1 aliphatic rings. The molecule has 1 atom stereocenters. The fourth-order valence-corrected chi connectivity index (χ4v) is 2.51. The van der Waals surface area contributed by atoms with E-state index in [2.05, 4.69) is 11.4 Å². The SMILES string of the molecule is COCc1cc(OC)c(OC)c(C2CCCN2)c1. The molecule has 100 valence electrons. The summed E-state index contributed by atoms with van der Waals surface area (Å²) in [6.07, 6.45) is 2.33. The van der Waals surface area contributed by atoms with Gasteiger partial charge in [0.05, 0.1) is 20.8 Å². The summed E-state index contributed by atoms with van der Waals surface area (Å²) in [4.78, 5) is 0. The predicted molar refractivity (Wildman–Crippen MR) is 70.2 cm³/mol. The normalized spacial score (nSPS) is 18.9. The lowest BCUT2D eigenvalue weighted by molar-refractivity contribution is 0.184. The van der Waals surface area contributed by atoms with Crippen LogP contribution >= 0.6 is 0 Å². The van der Waals surface area contributed by atoms with E-state index >= 15 is 0 Å². The molecule has 0 aromatic heterocycles. The van der Waals surface area contributed by atoms with Crippen LogP contribution in [0.2, 0.25) is 0 Å². The van der Waals surface area contributed by atoms with E-state index in [9.17, 15) is 0 Å². The van der Waals surface area contributed by atoms with E-state index in [-0.39, 0.29) is 0 Å². The van der Waals surface area contributed by atoms with Crippen molar-refractivity contribution in [2.45, 2.75) is 25.5 Å². The van der Waals surface area contributed by atoms with Crippen molar-refractivity contribution in [2.75, 3.05) is 27.9 Å². The van der Waals surface area contributed by atoms with Gasteiger partial charge in [-0.05, 0) is 37.1 Å². The Morgan fingerprint density at radius 1 is 1.22 bits per heavy atom. The number of hydrogen-bond acceptors (Lipinski definition) is 4. The number of nitrogens with one attached hydrogen (secondary N) is 1.